The van der Waals surface area contributed by atoms with E-state index in [9.17, 15) is 0 Å². The molecular weight excluding hydrogens is 216 g/mol. The van der Waals surface area contributed by atoms with Gasteiger partial charge in [0.2, 0.25) is 5.96 Å². The molecule has 1 aliphatic heterocycles. The largest absolute Gasteiger partial charge is 0.380 e. The van der Waals surface area contributed by atoms with Crippen LogP contribution in [0.2, 0.25) is 0 Å². The Labute approximate surface area is 103 Å². The van der Waals surface area contributed by atoms with Crippen molar-refractivity contribution in [1.29, 1.82) is 0 Å². The molecule has 3 N–H and O–H groups in total. The molecule has 98 valence electrons. The maximum Gasteiger partial charge on any atom is 0.208 e. The third-order valence-electron chi connectivity index (χ3n) is 3.79. The minimum Gasteiger partial charge on any atom is -0.380 e. The van der Waals surface area contributed by atoms with Crippen molar-refractivity contribution in [3.05, 3.63) is 0 Å². The molecule has 0 aromatic rings. The standard InChI is InChI=1S/C12H24N4O/c1-17-11-7-8-16(9-11)12(15-13)14-10-5-3-2-4-6-10/h10-11H,2-9,13H2,1H3,(H,14,15). The Morgan fingerprint density at radius 1 is 1.29 bits per heavy atom. The highest BCUT2D eigenvalue weighted by Crippen LogP contribution is 2.21. The number of aliphatic imine (C=N–C) groups is 1. The van der Waals surface area contributed by atoms with Crippen molar-refractivity contribution in [1.82, 2.24) is 10.3 Å². The fourth-order valence-electron chi connectivity index (χ4n) is 2.71. The third-order valence-corrected chi connectivity index (χ3v) is 3.79. The summed E-state index contributed by atoms with van der Waals surface area (Å²) in [5.41, 5.74) is 2.76. The molecule has 0 bridgehead atoms. The lowest BCUT2D eigenvalue weighted by molar-refractivity contribution is 0.114. The van der Waals surface area contributed by atoms with Crippen LogP contribution >= 0.6 is 0 Å². The van der Waals surface area contributed by atoms with Crippen LogP contribution in [-0.2, 0) is 4.74 Å². The molecule has 0 amide bonds. The van der Waals surface area contributed by atoms with Gasteiger partial charge in [-0.15, -0.1) is 0 Å². The van der Waals surface area contributed by atoms with Crippen molar-refractivity contribution in [2.75, 3.05) is 20.2 Å². The van der Waals surface area contributed by atoms with E-state index in [2.05, 4.69) is 10.3 Å². The summed E-state index contributed by atoms with van der Waals surface area (Å²) in [5, 5.41) is 0. The highest BCUT2D eigenvalue weighted by atomic mass is 16.5. The summed E-state index contributed by atoms with van der Waals surface area (Å²) in [7, 11) is 1.77. The molecule has 17 heavy (non-hydrogen) atoms. The first-order valence-corrected chi connectivity index (χ1v) is 6.65. The Morgan fingerprint density at radius 3 is 2.65 bits per heavy atom. The molecule has 1 saturated carbocycles. The lowest BCUT2D eigenvalue weighted by atomic mass is 9.96. The van der Waals surface area contributed by atoms with Gasteiger partial charge in [-0.1, -0.05) is 19.3 Å². The van der Waals surface area contributed by atoms with E-state index in [1.807, 2.05) is 0 Å². The van der Waals surface area contributed by atoms with E-state index in [1.54, 1.807) is 7.11 Å². The van der Waals surface area contributed by atoms with Crippen molar-refractivity contribution in [2.24, 2.45) is 10.8 Å². The van der Waals surface area contributed by atoms with Crippen LogP contribution in [-0.4, -0.2) is 43.2 Å². The van der Waals surface area contributed by atoms with Gasteiger partial charge in [0.1, 0.15) is 0 Å². The minimum atomic E-state index is 0.319. The molecule has 1 heterocycles. The summed E-state index contributed by atoms with van der Waals surface area (Å²) in [6, 6.07) is 0.455. The van der Waals surface area contributed by atoms with Crippen LogP contribution < -0.4 is 11.3 Å². The van der Waals surface area contributed by atoms with Gasteiger partial charge in [0.15, 0.2) is 0 Å². The Hall–Kier alpha value is -0.810. The maximum absolute atomic E-state index is 5.59. The zero-order valence-corrected chi connectivity index (χ0v) is 10.7. The van der Waals surface area contributed by atoms with Crippen LogP contribution in [0.15, 0.2) is 4.99 Å². The Bertz CT molecular complexity index is 263. The molecule has 0 aromatic carbocycles. The van der Waals surface area contributed by atoms with E-state index in [1.165, 1.54) is 32.1 Å². The molecular formula is C12H24N4O. The quantitative estimate of drug-likeness (QED) is 0.325. The summed E-state index contributed by atoms with van der Waals surface area (Å²) >= 11 is 0. The Kier molecular flexibility index (Phi) is 4.62. The van der Waals surface area contributed by atoms with Gasteiger partial charge in [-0.05, 0) is 19.3 Å². The van der Waals surface area contributed by atoms with E-state index in [-0.39, 0.29) is 0 Å². The van der Waals surface area contributed by atoms with Gasteiger partial charge in [-0.25, -0.2) is 10.8 Å². The van der Waals surface area contributed by atoms with Gasteiger partial charge in [0.05, 0.1) is 12.1 Å². The van der Waals surface area contributed by atoms with Crippen LogP contribution in [0, 0.1) is 0 Å². The molecule has 0 spiro atoms. The number of hydrogen-bond acceptors (Lipinski definition) is 3. The normalized spacial score (nSPS) is 27.5. The average Bonchev–Trinajstić information content (AvgIpc) is 2.86. The Morgan fingerprint density at radius 2 is 2.06 bits per heavy atom. The fourth-order valence-corrected chi connectivity index (χ4v) is 2.71. The molecule has 2 fully saturated rings. The van der Waals surface area contributed by atoms with Crippen LogP contribution in [0.1, 0.15) is 38.5 Å². The predicted octanol–water partition coefficient (Wildman–Crippen LogP) is 0.859. The summed E-state index contributed by atoms with van der Waals surface area (Å²) < 4.78 is 5.36. The number of hydrazine groups is 1. The number of ether oxygens (including phenoxy) is 1. The van der Waals surface area contributed by atoms with E-state index in [4.69, 9.17) is 15.6 Å². The van der Waals surface area contributed by atoms with Gasteiger partial charge in [0.25, 0.3) is 0 Å². The molecule has 0 radical (unpaired) electrons. The molecule has 0 aromatic heterocycles. The van der Waals surface area contributed by atoms with E-state index in [0.29, 0.717) is 12.1 Å². The molecule has 2 aliphatic rings. The first-order valence-electron chi connectivity index (χ1n) is 6.65. The lowest BCUT2D eigenvalue weighted by Crippen LogP contribution is -2.45. The molecule has 2 rings (SSSR count). The van der Waals surface area contributed by atoms with Crippen molar-refractivity contribution < 1.29 is 4.74 Å². The molecule has 1 saturated heterocycles. The second-order valence-electron chi connectivity index (χ2n) is 4.98. The summed E-state index contributed by atoms with van der Waals surface area (Å²) in [4.78, 5) is 6.95. The number of nitrogens with zero attached hydrogens (tertiary/aromatic N) is 2. The SMILES string of the molecule is COC1CCN(C(=NC2CCCCC2)NN)C1. The highest BCUT2D eigenvalue weighted by molar-refractivity contribution is 5.79. The van der Waals surface area contributed by atoms with E-state index in [0.717, 1.165) is 25.5 Å². The van der Waals surface area contributed by atoms with E-state index >= 15 is 0 Å². The van der Waals surface area contributed by atoms with Crippen LogP contribution in [0.4, 0.5) is 0 Å². The average molecular weight is 240 g/mol. The molecule has 1 aliphatic carbocycles. The monoisotopic (exact) mass is 240 g/mol. The predicted molar refractivity (Wildman–Crippen MR) is 68.6 cm³/mol. The molecule has 1 atom stereocenters. The van der Waals surface area contributed by atoms with Crippen molar-refractivity contribution in [3.8, 4) is 0 Å². The second kappa shape index (κ2) is 6.21. The number of nitrogens with one attached hydrogen (secondary N) is 1. The second-order valence-corrected chi connectivity index (χ2v) is 4.98. The van der Waals surface area contributed by atoms with Crippen LogP contribution in [0.25, 0.3) is 0 Å². The number of nitrogens with two attached hydrogens (primary N) is 1. The maximum atomic E-state index is 5.59. The summed E-state index contributed by atoms with van der Waals surface area (Å²) in [5.74, 6) is 6.44. The van der Waals surface area contributed by atoms with Crippen LogP contribution in [0.5, 0.6) is 0 Å². The zero-order chi connectivity index (χ0) is 12.1. The summed E-state index contributed by atoms with van der Waals surface area (Å²) in [6.45, 7) is 1.88. The number of methoxy groups -OCH3 is 1. The van der Waals surface area contributed by atoms with Gasteiger partial charge < -0.3 is 9.64 Å². The number of likely N-dealkylation sites (tertiary alicyclic amines) is 1. The third kappa shape index (κ3) is 3.33. The zero-order valence-electron chi connectivity index (χ0n) is 10.7. The molecule has 5 nitrogen and oxygen atoms in total. The Balaban J connectivity index is 1.93. The first kappa shape index (κ1) is 12.6. The van der Waals surface area contributed by atoms with Crippen molar-refractivity contribution >= 4 is 5.96 Å². The summed E-state index contributed by atoms with van der Waals surface area (Å²) in [6.07, 6.45) is 7.73. The van der Waals surface area contributed by atoms with Crippen molar-refractivity contribution in [2.45, 2.75) is 50.7 Å². The van der Waals surface area contributed by atoms with Crippen LogP contribution in [0.3, 0.4) is 0 Å². The van der Waals surface area contributed by atoms with Gasteiger partial charge in [0, 0.05) is 20.2 Å². The molecule has 1 unspecified atom stereocenters. The first-order chi connectivity index (χ1) is 8.33. The smallest absolute Gasteiger partial charge is 0.208 e. The van der Waals surface area contributed by atoms with Gasteiger partial charge in [-0.3, -0.25) is 5.43 Å². The fraction of sp³-hybridized carbons (Fsp3) is 0.917. The van der Waals surface area contributed by atoms with Gasteiger partial charge >= 0.3 is 0 Å². The minimum absolute atomic E-state index is 0.319. The van der Waals surface area contributed by atoms with Crippen molar-refractivity contribution in [3.63, 3.8) is 0 Å². The van der Waals surface area contributed by atoms with Gasteiger partial charge in [-0.2, -0.15) is 0 Å². The molecule has 5 heteroatoms. The highest BCUT2D eigenvalue weighted by Gasteiger charge is 2.25. The topological polar surface area (TPSA) is 62.9 Å². The van der Waals surface area contributed by atoms with E-state index < -0.39 is 0 Å². The number of hydrogen-bond donors (Lipinski definition) is 2. The lowest BCUT2D eigenvalue weighted by Gasteiger charge is -2.24. The number of rotatable bonds is 2. The number of guanidine groups is 1.